The van der Waals surface area contributed by atoms with Crippen LogP contribution in [-0.2, 0) is 4.74 Å². The van der Waals surface area contributed by atoms with Gasteiger partial charge < -0.3 is 9.84 Å². The van der Waals surface area contributed by atoms with Crippen LogP contribution in [0.5, 0.6) is 0 Å². The Kier molecular flexibility index (Phi) is 4.42. The summed E-state index contributed by atoms with van der Waals surface area (Å²) in [4.78, 5) is 0. The molecule has 0 saturated heterocycles. The van der Waals surface area contributed by atoms with Crippen molar-refractivity contribution in [1.82, 2.24) is 0 Å². The van der Waals surface area contributed by atoms with Crippen molar-refractivity contribution in [2.45, 2.75) is 83.3 Å². The lowest BCUT2D eigenvalue weighted by atomic mass is 9.44. The normalized spacial score (nSPS) is 57.1. The predicted octanol–water partition coefficient (Wildman–Crippen LogP) is 5.17. The average molecular weight is 399 g/mol. The first kappa shape index (κ1) is 17.8. The molecule has 0 aliphatic heterocycles. The number of rotatable bonds is 2. The lowest BCUT2D eigenvalue weighted by Crippen LogP contribution is -2.56. The number of hydrogen-bond acceptors (Lipinski definition) is 2. The third-order valence-corrected chi connectivity index (χ3v) is 10.3. The molecule has 4 fully saturated rings. The van der Waals surface area contributed by atoms with Gasteiger partial charge in [-0.1, -0.05) is 29.8 Å². The number of alkyl halides is 1. The Hall–Kier alpha value is 0.400. The summed E-state index contributed by atoms with van der Waals surface area (Å²) >= 11 is 3.56. The van der Waals surface area contributed by atoms with Crippen LogP contribution >= 0.6 is 15.9 Å². The van der Waals surface area contributed by atoms with Gasteiger partial charge in [0.1, 0.15) is 0 Å². The first-order chi connectivity index (χ1) is 11.4. The fourth-order valence-electron chi connectivity index (χ4n) is 7.78. The Morgan fingerprint density at radius 2 is 1.71 bits per heavy atom. The molecule has 4 unspecified atom stereocenters. The van der Waals surface area contributed by atoms with Crippen molar-refractivity contribution < 1.29 is 9.84 Å². The highest BCUT2D eigenvalue weighted by atomic mass is 79.9. The minimum atomic E-state index is -0.450. The zero-order valence-electron chi connectivity index (χ0n) is 15.7. The third-order valence-electron chi connectivity index (χ3n) is 9.27. The van der Waals surface area contributed by atoms with E-state index in [0.29, 0.717) is 16.9 Å². The largest absolute Gasteiger partial charge is 0.389 e. The molecule has 0 aromatic rings. The van der Waals surface area contributed by atoms with Gasteiger partial charge in [-0.05, 0) is 92.3 Å². The van der Waals surface area contributed by atoms with Crippen LogP contribution in [0.4, 0.5) is 0 Å². The van der Waals surface area contributed by atoms with E-state index in [-0.39, 0.29) is 0 Å². The van der Waals surface area contributed by atoms with Gasteiger partial charge in [0.05, 0.1) is 11.7 Å². The second-order valence-corrected chi connectivity index (χ2v) is 10.6. The smallest absolute Gasteiger partial charge is 0.0747 e. The Bertz CT molecular complexity index is 496. The van der Waals surface area contributed by atoms with Crippen LogP contribution in [0.15, 0.2) is 0 Å². The molecule has 0 radical (unpaired) electrons. The van der Waals surface area contributed by atoms with E-state index in [4.69, 9.17) is 4.74 Å². The summed E-state index contributed by atoms with van der Waals surface area (Å²) in [6, 6.07) is 0. The molecule has 138 valence electrons. The van der Waals surface area contributed by atoms with E-state index in [1.54, 1.807) is 0 Å². The first-order valence-electron chi connectivity index (χ1n) is 10.2. The maximum Gasteiger partial charge on any atom is 0.0747 e. The van der Waals surface area contributed by atoms with Crippen LogP contribution in [0.25, 0.3) is 0 Å². The molecule has 8 atom stereocenters. The van der Waals surface area contributed by atoms with Crippen molar-refractivity contribution in [3.8, 4) is 0 Å². The molecular formula is C21H35BrO2. The Morgan fingerprint density at radius 3 is 2.42 bits per heavy atom. The zero-order chi connectivity index (χ0) is 17.2. The van der Waals surface area contributed by atoms with Crippen molar-refractivity contribution in [3.63, 3.8) is 0 Å². The molecule has 0 heterocycles. The molecule has 2 nitrogen and oxygen atoms in total. The Labute approximate surface area is 156 Å². The van der Waals surface area contributed by atoms with Crippen LogP contribution in [0.1, 0.15) is 71.6 Å². The van der Waals surface area contributed by atoms with E-state index in [9.17, 15) is 5.11 Å². The zero-order valence-corrected chi connectivity index (χ0v) is 17.3. The number of aliphatic hydroxyl groups is 1. The molecule has 0 bridgehead atoms. The summed E-state index contributed by atoms with van der Waals surface area (Å²) in [5.74, 6) is 3.38. The molecule has 4 saturated carbocycles. The molecular weight excluding hydrogens is 364 g/mol. The van der Waals surface area contributed by atoms with Gasteiger partial charge in [0.15, 0.2) is 0 Å². The summed E-state index contributed by atoms with van der Waals surface area (Å²) in [5, 5.41) is 11.6. The maximum absolute atomic E-state index is 10.8. The second kappa shape index (κ2) is 5.96. The fourth-order valence-corrected chi connectivity index (χ4v) is 8.29. The topological polar surface area (TPSA) is 29.5 Å². The quantitative estimate of drug-likeness (QED) is 0.649. The third kappa shape index (κ3) is 2.40. The Morgan fingerprint density at radius 1 is 0.958 bits per heavy atom. The van der Waals surface area contributed by atoms with Gasteiger partial charge in [-0.25, -0.2) is 0 Å². The molecule has 4 aliphatic rings. The van der Waals surface area contributed by atoms with Crippen molar-refractivity contribution in [1.29, 1.82) is 0 Å². The Balaban J connectivity index is 1.58. The minimum absolute atomic E-state index is 0.421. The highest BCUT2D eigenvalue weighted by Crippen LogP contribution is 2.67. The summed E-state index contributed by atoms with van der Waals surface area (Å²) in [5.41, 5.74) is 0.433. The van der Waals surface area contributed by atoms with E-state index in [0.717, 1.165) is 41.8 Å². The minimum Gasteiger partial charge on any atom is -0.389 e. The van der Waals surface area contributed by atoms with Gasteiger partial charge in [-0.2, -0.15) is 0 Å². The van der Waals surface area contributed by atoms with E-state index in [1.165, 1.54) is 44.9 Å². The lowest BCUT2D eigenvalue weighted by molar-refractivity contribution is -0.152. The van der Waals surface area contributed by atoms with E-state index in [1.807, 2.05) is 7.11 Å². The van der Waals surface area contributed by atoms with Crippen LogP contribution in [0, 0.1) is 34.5 Å². The molecule has 0 spiro atoms. The van der Waals surface area contributed by atoms with Gasteiger partial charge in [0.25, 0.3) is 0 Å². The highest BCUT2D eigenvalue weighted by Gasteiger charge is 2.61. The van der Waals surface area contributed by atoms with Crippen LogP contribution in [-0.4, -0.2) is 29.3 Å². The number of hydrogen-bond donors (Lipinski definition) is 1. The van der Waals surface area contributed by atoms with Gasteiger partial charge in [-0.15, -0.1) is 0 Å². The molecule has 4 rings (SSSR count). The molecule has 4 aliphatic carbocycles. The van der Waals surface area contributed by atoms with Crippen LogP contribution in [0.2, 0.25) is 0 Å². The van der Waals surface area contributed by atoms with Crippen molar-refractivity contribution in [2.24, 2.45) is 34.5 Å². The van der Waals surface area contributed by atoms with Crippen molar-refractivity contribution in [2.75, 3.05) is 12.4 Å². The lowest BCUT2D eigenvalue weighted by Gasteiger charge is -2.61. The fraction of sp³-hybridized carbons (Fsp3) is 1.00. The average Bonchev–Trinajstić information content (AvgIpc) is 2.92. The van der Waals surface area contributed by atoms with Crippen LogP contribution in [0.3, 0.4) is 0 Å². The standard InChI is InChI=1S/C21H35BrO2/c1-19-10-11-21(23,13-22)12-14(19)4-5-15-16-6-7-18(24-3)20(16,2)9-8-17(15)19/h14-18,23H,4-13H2,1-3H3/t14?,15?,16?,17?,18-,19-,20-,21+/m0/s1. The predicted molar refractivity (Wildman–Crippen MR) is 101 cm³/mol. The number of fused-ring (bicyclic) bond motifs is 5. The SMILES string of the molecule is CO[C@H]1CCC2C3CCC4C[C@@](O)(CBr)CC[C@]4(C)C3CC[C@@]21C. The molecule has 0 aromatic heterocycles. The monoisotopic (exact) mass is 398 g/mol. The number of ether oxygens (including phenoxy) is 1. The van der Waals surface area contributed by atoms with Crippen LogP contribution < -0.4 is 0 Å². The van der Waals surface area contributed by atoms with Crippen molar-refractivity contribution in [3.05, 3.63) is 0 Å². The van der Waals surface area contributed by atoms with Gasteiger partial charge >= 0.3 is 0 Å². The summed E-state index contributed by atoms with van der Waals surface area (Å²) < 4.78 is 5.90. The molecule has 0 aromatic carbocycles. The molecule has 3 heteroatoms. The van der Waals surface area contributed by atoms with Gasteiger partial charge in [-0.3, -0.25) is 0 Å². The van der Waals surface area contributed by atoms with Crippen molar-refractivity contribution >= 4 is 15.9 Å². The number of methoxy groups -OCH3 is 1. The maximum atomic E-state index is 10.8. The number of halogens is 1. The summed E-state index contributed by atoms with van der Waals surface area (Å²) in [6.45, 7) is 5.10. The molecule has 0 amide bonds. The van der Waals surface area contributed by atoms with Gasteiger partial charge in [0.2, 0.25) is 0 Å². The van der Waals surface area contributed by atoms with Gasteiger partial charge in [0, 0.05) is 12.4 Å². The van der Waals surface area contributed by atoms with E-state index >= 15 is 0 Å². The highest BCUT2D eigenvalue weighted by molar-refractivity contribution is 9.09. The molecule has 24 heavy (non-hydrogen) atoms. The first-order valence-corrected chi connectivity index (χ1v) is 11.3. The van der Waals surface area contributed by atoms with E-state index < -0.39 is 5.60 Å². The second-order valence-electron chi connectivity index (χ2n) is 10.1. The van der Waals surface area contributed by atoms with E-state index in [2.05, 4.69) is 29.8 Å². The molecule has 1 N–H and O–H groups in total. The summed E-state index contributed by atoms with van der Waals surface area (Å²) in [6.07, 6.45) is 11.8. The summed E-state index contributed by atoms with van der Waals surface area (Å²) in [7, 11) is 1.92.